The molecule has 0 aromatic heterocycles. The molecule has 0 aliphatic carbocycles. The third kappa shape index (κ3) is 54.5. The van der Waals surface area contributed by atoms with Crippen molar-refractivity contribution in [2.75, 3.05) is 254 Å². The molecule has 34 N–H and O–H groups in total. The molecule has 50 heteroatoms. The SMILES string of the molecule is CN(C)P(=O)(N(C)C)N(C)C.CN(C)P(=O)(N(C)C)N(C)C.CN(C)P(=O)(N(C)C)N(C)C.CN(C)P(=O)(N(C)C)N(C)C.CN(C)P(=O)(N(C)C)N(C)C.CN(C)P(=O)(N(C)C)N(C)C.O.O.[Br-].[Br-].[Br-].[Br-].[Br-].[Br-].[Dy+3].[Dy+3].[OH3+].[OH3+].[OH3+].[OH3+].[OH3+].[OH3+].[OH3+].[OH3+].[OH3+].[OH3+]. The first-order chi connectivity index (χ1) is 29.0. The molecule has 36 nitrogen and oxygen atoms in total. The first kappa shape index (κ1) is 175. The second-order valence-electron chi connectivity index (χ2n) is 18.3. The summed E-state index contributed by atoms with van der Waals surface area (Å²) in [6, 6.07) is 0. The Morgan fingerprint density at radius 1 is 0.140 bits per heavy atom. The Morgan fingerprint density at radius 2 is 0.163 bits per heavy atom. The predicted octanol–water partition coefficient (Wildman–Crippen LogP) is -24.2. The number of nitrogens with zero attached hydrogens (tertiary/aromatic N) is 18. The second-order valence-corrected chi connectivity index (χ2v) is 38.9. The summed E-state index contributed by atoms with van der Waals surface area (Å²) in [7, 11) is 50.9. The third-order valence-corrected chi connectivity index (χ3v) is 28.1. The minimum atomic E-state index is -2.44. The van der Waals surface area contributed by atoms with Gasteiger partial charge in [0.25, 0.3) is 45.6 Å². The van der Waals surface area contributed by atoms with Crippen LogP contribution in [-0.2, 0) is 82.2 Å². The van der Waals surface area contributed by atoms with Gasteiger partial charge in [-0.2, -0.15) is 0 Å². The quantitative estimate of drug-likeness (QED) is 0.0908. The van der Waals surface area contributed by atoms with Gasteiger partial charge in [0.2, 0.25) is 0 Å². The first-order valence-electron chi connectivity index (χ1n) is 20.8. The van der Waals surface area contributed by atoms with E-state index < -0.39 is 45.6 Å². The Labute approximate surface area is 647 Å². The zero-order chi connectivity index (χ0) is 55.4. The van der Waals surface area contributed by atoms with Crippen LogP contribution in [0.5, 0.6) is 0 Å². The van der Waals surface area contributed by atoms with Gasteiger partial charge in [-0.3, -0.25) is 27.4 Å². The Hall–Kier alpha value is 5.61. The molecular formula is C36H142Br6Dy2N18O18P6+10. The van der Waals surface area contributed by atoms with Crippen molar-refractivity contribution < 1.29 is 271 Å². The number of hydrogen-bond donors (Lipinski definition) is 0. The number of hydrogen-bond acceptors (Lipinski definition) is 6. The van der Waals surface area contributed by atoms with E-state index in [-0.39, 0.29) is 244 Å². The zero-order valence-corrected chi connectivity index (χ0v) is 77.8. The molecular weight excluding hydrogens is 1960 g/mol. The van der Waals surface area contributed by atoms with Gasteiger partial charge in [-0.05, 0) is 254 Å². The molecule has 0 saturated heterocycles. The van der Waals surface area contributed by atoms with E-state index in [2.05, 4.69) is 0 Å². The molecule has 86 heavy (non-hydrogen) atoms. The van der Waals surface area contributed by atoms with Crippen molar-refractivity contribution in [2.45, 2.75) is 0 Å². The van der Waals surface area contributed by atoms with Crippen molar-refractivity contribution >= 4 is 45.6 Å². The standard InChI is InChI=1S/6C6H18N3OP.6BrH.2Dy.12H2O/c6*1-7(2)11(10,8(3)4)9(5)6;;;;;;;;;;;;;;;;;;;;/h6*1-6H3;6*1H;;;12*1H2/q;;;;;;;;;;;;2*+3;;;;;;;;;;;;/p+4. The van der Waals surface area contributed by atoms with Gasteiger partial charge in [-0.25, -0.2) is 84.1 Å². The molecule has 0 saturated carbocycles. The van der Waals surface area contributed by atoms with E-state index in [1.165, 1.54) is 0 Å². The average molecular weight is 2110 g/mol. The summed E-state index contributed by atoms with van der Waals surface area (Å²) >= 11 is 0. The largest absolute Gasteiger partial charge is 3.00 e. The van der Waals surface area contributed by atoms with E-state index in [0.717, 1.165) is 0 Å². The fraction of sp³-hybridized carbons (Fsp3) is 1.00. The summed E-state index contributed by atoms with van der Waals surface area (Å²) in [4.78, 5) is 0. The Morgan fingerprint density at radius 3 is 0.163 bits per heavy atom. The molecule has 0 bridgehead atoms. The summed E-state index contributed by atoms with van der Waals surface area (Å²) in [5, 5.41) is 0. The normalized spacial score (nSPS) is 10.4. The van der Waals surface area contributed by atoms with Crippen LogP contribution in [0.4, 0.5) is 0 Å². The molecule has 0 aromatic carbocycles. The average Bonchev–Trinajstić information content (AvgIpc) is 3.15. The Kier molecular flexibility index (Phi) is 162. The summed E-state index contributed by atoms with van der Waals surface area (Å²) in [6.45, 7) is 0. The Bertz CT molecular complexity index is 1200. The van der Waals surface area contributed by atoms with Crippen molar-refractivity contribution in [1.82, 2.24) is 84.1 Å². The van der Waals surface area contributed by atoms with Crippen LogP contribution in [0.2, 0.25) is 0 Å². The summed E-state index contributed by atoms with van der Waals surface area (Å²) in [6.07, 6.45) is 0. The topological polar surface area (TPSA) is 554 Å². The van der Waals surface area contributed by atoms with Gasteiger partial charge in [0, 0.05) is 0 Å². The van der Waals surface area contributed by atoms with Gasteiger partial charge in [0.1, 0.15) is 0 Å². The smallest absolute Gasteiger partial charge is 1.00 e. The predicted molar refractivity (Wildman–Crippen MR) is 348 cm³/mol. The number of halogens is 6. The maximum atomic E-state index is 12.1. The maximum absolute atomic E-state index is 12.1. The van der Waals surface area contributed by atoms with E-state index in [1.807, 2.05) is 254 Å². The fourth-order valence-electron chi connectivity index (χ4n) is 6.44. The molecule has 0 amide bonds. The summed E-state index contributed by atoms with van der Waals surface area (Å²) in [5.41, 5.74) is 0. The van der Waals surface area contributed by atoms with Gasteiger partial charge >= 0.3 is 76.3 Å². The van der Waals surface area contributed by atoms with Crippen molar-refractivity contribution in [3.63, 3.8) is 0 Å². The molecule has 0 aromatic rings. The van der Waals surface area contributed by atoms with Crippen molar-refractivity contribution in [3.8, 4) is 0 Å². The summed E-state index contributed by atoms with van der Waals surface area (Å²) < 4.78 is 104. The van der Waals surface area contributed by atoms with Crippen LogP contribution in [0.1, 0.15) is 0 Å². The first-order valence-corrected chi connectivity index (χ1v) is 30.2. The monoisotopic (exact) mass is 2100 g/mol. The molecule has 0 heterocycles. The molecule has 0 aliphatic heterocycles. The van der Waals surface area contributed by atoms with Crippen molar-refractivity contribution in [2.24, 2.45) is 0 Å². The van der Waals surface area contributed by atoms with E-state index in [0.29, 0.717) is 0 Å². The van der Waals surface area contributed by atoms with E-state index >= 15 is 0 Å². The maximum Gasteiger partial charge on any atom is 3.00 e. The van der Waals surface area contributed by atoms with Crippen LogP contribution in [0.25, 0.3) is 0 Å². The molecule has 566 valence electrons. The minimum Gasteiger partial charge on any atom is -1.00 e. The van der Waals surface area contributed by atoms with Crippen LogP contribution in [0.15, 0.2) is 0 Å². The van der Waals surface area contributed by atoms with Crippen molar-refractivity contribution in [3.05, 3.63) is 0 Å². The molecule has 0 atom stereocenters. The molecule has 0 unspecified atom stereocenters. The van der Waals surface area contributed by atoms with Gasteiger partial charge in [0.15, 0.2) is 0 Å². The van der Waals surface area contributed by atoms with Crippen LogP contribution in [0.3, 0.4) is 0 Å². The summed E-state index contributed by atoms with van der Waals surface area (Å²) in [5.74, 6) is 0. The number of rotatable bonds is 18. The molecule has 0 fully saturated rings. The molecule has 0 spiro atoms. The van der Waals surface area contributed by atoms with E-state index in [1.54, 1.807) is 84.1 Å². The van der Waals surface area contributed by atoms with Crippen LogP contribution >= 0.6 is 45.6 Å². The van der Waals surface area contributed by atoms with E-state index in [9.17, 15) is 27.4 Å². The van der Waals surface area contributed by atoms with Gasteiger partial charge in [0.05, 0.1) is 0 Å². The minimum absolute atomic E-state index is 0. The van der Waals surface area contributed by atoms with Crippen LogP contribution < -0.4 is 102 Å². The van der Waals surface area contributed by atoms with Gasteiger partial charge in [-0.15, -0.1) is 0 Å². The molecule has 2 radical (unpaired) electrons. The van der Waals surface area contributed by atoms with Crippen molar-refractivity contribution in [1.29, 1.82) is 0 Å². The van der Waals surface area contributed by atoms with E-state index in [4.69, 9.17) is 0 Å². The van der Waals surface area contributed by atoms with Gasteiger partial charge < -0.3 is 168 Å². The van der Waals surface area contributed by atoms with Gasteiger partial charge in [-0.1, -0.05) is 0 Å². The fourth-order valence-corrected chi connectivity index (χ4v) is 19.3. The van der Waals surface area contributed by atoms with Crippen LogP contribution in [0, 0.1) is 76.3 Å². The molecule has 0 rings (SSSR count). The van der Waals surface area contributed by atoms with Crippen LogP contribution in [-0.4, -0.2) is 349 Å². The zero-order valence-electron chi connectivity index (χ0n) is 58.9. The second kappa shape index (κ2) is 79.6. The molecule has 0 aliphatic rings. The Balaban J connectivity index is -0.0000000200. The third-order valence-electron chi connectivity index (χ3n) is 9.38.